The fourth-order valence-electron chi connectivity index (χ4n) is 1.41. The van der Waals surface area contributed by atoms with Crippen molar-refractivity contribution in [2.75, 3.05) is 7.05 Å². The van der Waals surface area contributed by atoms with Crippen LogP contribution in [0.2, 0.25) is 0 Å². The molecule has 0 aromatic carbocycles. The summed E-state index contributed by atoms with van der Waals surface area (Å²) in [6, 6.07) is 0. The van der Waals surface area contributed by atoms with E-state index in [0.717, 1.165) is 5.70 Å². The Morgan fingerprint density at radius 3 is 2.41 bits per heavy atom. The number of amides is 1. The van der Waals surface area contributed by atoms with E-state index in [2.05, 4.69) is 0 Å². The molecule has 0 aliphatic carbocycles. The first-order chi connectivity index (χ1) is 7.93. The fraction of sp³-hybridized carbons (Fsp3) is 0.538. The van der Waals surface area contributed by atoms with E-state index in [0.29, 0.717) is 6.42 Å². The summed E-state index contributed by atoms with van der Waals surface area (Å²) in [5.41, 5.74) is 0.803. The van der Waals surface area contributed by atoms with E-state index in [4.69, 9.17) is 5.11 Å². The van der Waals surface area contributed by atoms with Gasteiger partial charge in [0.25, 0.3) is 0 Å². The van der Waals surface area contributed by atoms with Crippen LogP contribution in [-0.4, -0.2) is 28.9 Å². The second-order valence-electron chi connectivity index (χ2n) is 3.93. The summed E-state index contributed by atoms with van der Waals surface area (Å²) >= 11 is 0. The Morgan fingerprint density at radius 2 is 2.00 bits per heavy atom. The van der Waals surface area contributed by atoms with Crippen LogP contribution in [0, 0.1) is 5.92 Å². The van der Waals surface area contributed by atoms with Crippen molar-refractivity contribution in [3.05, 3.63) is 23.9 Å². The van der Waals surface area contributed by atoms with Crippen molar-refractivity contribution >= 4 is 11.9 Å². The zero-order valence-electron chi connectivity index (χ0n) is 10.9. The summed E-state index contributed by atoms with van der Waals surface area (Å²) in [7, 11) is 1.67. The highest BCUT2D eigenvalue weighted by molar-refractivity contribution is 5.84. The van der Waals surface area contributed by atoms with Gasteiger partial charge in [-0.15, -0.1) is 0 Å². The zero-order chi connectivity index (χ0) is 13.4. The van der Waals surface area contributed by atoms with E-state index in [1.54, 1.807) is 7.05 Å². The monoisotopic (exact) mass is 239 g/mol. The van der Waals surface area contributed by atoms with Crippen LogP contribution in [-0.2, 0) is 9.59 Å². The summed E-state index contributed by atoms with van der Waals surface area (Å²) in [5, 5.41) is 8.73. The van der Waals surface area contributed by atoms with Gasteiger partial charge in [-0.2, -0.15) is 0 Å². The van der Waals surface area contributed by atoms with Crippen LogP contribution in [0.1, 0.15) is 33.6 Å². The highest BCUT2D eigenvalue weighted by atomic mass is 16.4. The zero-order valence-corrected chi connectivity index (χ0v) is 10.9. The molecule has 17 heavy (non-hydrogen) atoms. The molecule has 0 aliphatic heterocycles. The average molecular weight is 239 g/mol. The maximum atomic E-state index is 12.0. The van der Waals surface area contributed by atoms with Gasteiger partial charge in [-0.1, -0.05) is 19.1 Å². The van der Waals surface area contributed by atoms with Crippen LogP contribution >= 0.6 is 0 Å². The topological polar surface area (TPSA) is 57.6 Å². The van der Waals surface area contributed by atoms with Crippen LogP contribution < -0.4 is 0 Å². The van der Waals surface area contributed by atoms with Crippen molar-refractivity contribution in [2.45, 2.75) is 33.6 Å². The van der Waals surface area contributed by atoms with Crippen molar-refractivity contribution in [1.82, 2.24) is 4.90 Å². The Balaban J connectivity index is 4.71. The van der Waals surface area contributed by atoms with Gasteiger partial charge in [-0.05, 0) is 26.3 Å². The minimum absolute atomic E-state index is 0.115. The number of allylic oxidation sites excluding steroid dienone is 4. The van der Waals surface area contributed by atoms with E-state index in [1.165, 1.54) is 4.90 Å². The molecule has 4 heteroatoms. The first-order valence-electron chi connectivity index (χ1n) is 5.72. The lowest BCUT2D eigenvalue weighted by Gasteiger charge is -2.22. The molecule has 0 fully saturated rings. The van der Waals surface area contributed by atoms with E-state index in [-0.39, 0.29) is 12.3 Å². The third-order valence-corrected chi connectivity index (χ3v) is 2.65. The van der Waals surface area contributed by atoms with Gasteiger partial charge in [0.1, 0.15) is 0 Å². The molecule has 0 bridgehead atoms. The second kappa shape index (κ2) is 7.65. The standard InChI is InChI=1S/C13H21NO3/c1-5-7-8-10(3)14(4)13(17)11(6-2)9-12(15)16/h5,7-8,11H,6,9H2,1-4H3,(H,15,16). The molecular formula is C13H21NO3. The second-order valence-corrected chi connectivity index (χ2v) is 3.93. The largest absolute Gasteiger partial charge is 0.481 e. The quantitative estimate of drug-likeness (QED) is 0.724. The summed E-state index contributed by atoms with van der Waals surface area (Å²) in [6.45, 7) is 5.54. The Morgan fingerprint density at radius 1 is 1.41 bits per heavy atom. The molecule has 0 saturated heterocycles. The van der Waals surface area contributed by atoms with Gasteiger partial charge in [0, 0.05) is 18.7 Å². The Hall–Kier alpha value is -1.58. The Labute approximate surface area is 103 Å². The van der Waals surface area contributed by atoms with Crippen LogP contribution in [0.4, 0.5) is 0 Å². The van der Waals surface area contributed by atoms with Crippen LogP contribution in [0.3, 0.4) is 0 Å². The predicted octanol–water partition coefficient (Wildman–Crippen LogP) is 2.43. The van der Waals surface area contributed by atoms with Gasteiger partial charge in [0.05, 0.1) is 6.42 Å². The summed E-state index contributed by atoms with van der Waals surface area (Å²) in [5.74, 6) is -1.53. The van der Waals surface area contributed by atoms with Gasteiger partial charge >= 0.3 is 5.97 Å². The number of nitrogens with zero attached hydrogens (tertiary/aromatic N) is 1. The normalized spacial score (nSPS) is 13.8. The van der Waals surface area contributed by atoms with Gasteiger partial charge in [-0.25, -0.2) is 0 Å². The van der Waals surface area contributed by atoms with Crippen molar-refractivity contribution in [3.8, 4) is 0 Å². The van der Waals surface area contributed by atoms with Crippen LogP contribution in [0.5, 0.6) is 0 Å². The lowest BCUT2D eigenvalue weighted by molar-refractivity contribution is -0.143. The molecular weight excluding hydrogens is 218 g/mol. The molecule has 0 aromatic heterocycles. The van der Waals surface area contributed by atoms with Crippen molar-refractivity contribution in [2.24, 2.45) is 5.92 Å². The van der Waals surface area contributed by atoms with E-state index in [9.17, 15) is 9.59 Å². The molecule has 1 unspecified atom stereocenters. The van der Waals surface area contributed by atoms with Gasteiger partial charge in [-0.3, -0.25) is 9.59 Å². The number of aliphatic carboxylic acids is 1. The van der Waals surface area contributed by atoms with Crippen molar-refractivity contribution in [1.29, 1.82) is 0 Å². The molecule has 0 radical (unpaired) electrons. The van der Waals surface area contributed by atoms with Gasteiger partial charge in [0.2, 0.25) is 5.91 Å². The third kappa shape index (κ3) is 5.33. The number of hydrogen-bond donors (Lipinski definition) is 1. The third-order valence-electron chi connectivity index (χ3n) is 2.65. The molecule has 0 aromatic rings. The highest BCUT2D eigenvalue weighted by Crippen LogP contribution is 2.14. The molecule has 96 valence electrons. The van der Waals surface area contributed by atoms with E-state index in [1.807, 2.05) is 39.0 Å². The number of carboxylic acid groups (broad SMARTS) is 1. The molecule has 1 N–H and O–H groups in total. The molecule has 0 aliphatic rings. The Bertz CT molecular complexity index is 332. The summed E-state index contributed by atoms with van der Waals surface area (Å²) < 4.78 is 0. The maximum absolute atomic E-state index is 12.0. The predicted molar refractivity (Wildman–Crippen MR) is 67.4 cm³/mol. The molecule has 0 saturated carbocycles. The number of carboxylic acids is 1. The number of hydrogen-bond acceptors (Lipinski definition) is 2. The first-order valence-corrected chi connectivity index (χ1v) is 5.72. The minimum atomic E-state index is -0.936. The maximum Gasteiger partial charge on any atom is 0.304 e. The first kappa shape index (κ1) is 15.4. The minimum Gasteiger partial charge on any atom is -0.481 e. The lowest BCUT2D eigenvalue weighted by Crippen LogP contribution is -2.32. The van der Waals surface area contributed by atoms with Crippen molar-refractivity contribution < 1.29 is 14.7 Å². The Kier molecular flexibility index (Phi) is 6.94. The molecule has 0 rings (SSSR count). The molecule has 1 atom stereocenters. The SMILES string of the molecule is CC=CC=C(C)N(C)C(=O)C(CC)CC(=O)O. The van der Waals surface area contributed by atoms with E-state index >= 15 is 0 Å². The smallest absolute Gasteiger partial charge is 0.304 e. The molecule has 1 amide bonds. The van der Waals surface area contributed by atoms with Gasteiger partial charge in [0.15, 0.2) is 0 Å². The van der Waals surface area contributed by atoms with Crippen LogP contribution in [0.25, 0.3) is 0 Å². The molecule has 0 heterocycles. The summed E-state index contributed by atoms with van der Waals surface area (Å²) in [6.07, 6.45) is 5.96. The fourth-order valence-corrected chi connectivity index (χ4v) is 1.41. The number of carbonyl (C=O) groups excluding carboxylic acids is 1. The molecule has 0 spiro atoms. The summed E-state index contributed by atoms with van der Waals surface area (Å²) in [4.78, 5) is 24.2. The van der Waals surface area contributed by atoms with Crippen LogP contribution in [0.15, 0.2) is 23.9 Å². The van der Waals surface area contributed by atoms with Gasteiger partial charge < -0.3 is 10.0 Å². The average Bonchev–Trinajstić information content (AvgIpc) is 2.30. The highest BCUT2D eigenvalue weighted by Gasteiger charge is 2.23. The molecule has 4 nitrogen and oxygen atoms in total. The van der Waals surface area contributed by atoms with Crippen molar-refractivity contribution in [3.63, 3.8) is 0 Å². The lowest BCUT2D eigenvalue weighted by atomic mass is 10.0. The number of carbonyl (C=O) groups is 2. The number of rotatable bonds is 6. The van der Waals surface area contributed by atoms with E-state index < -0.39 is 11.9 Å².